The highest BCUT2D eigenvalue weighted by Gasteiger charge is 2.22. The molecule has 0 heterocycles. The van der Waals surface area contributed by atoms with Crippen molar-refractivity contribution in [2.24, 2.45) is 0 Å². The minimum atomic E-state index is -0.251. The van der Waals surface area contributed by atoms with Gasteiger partial charge in [-0.2, -0.15) is 0 Å². The summed E-state index contributed by atoms with van der Waals surface area (Å²) in [6.07, 6.45) is 0. The zero-order chi connectivity index (χ0) is 15.3. The molecule has 0 aromatic heterocycles. The van der Waals surface area contributed by atoms with Gasteiger partial charge in [-0.15, -0.1) is 0 Å². The summed E-state index contributed by atoms with van der Waals surface area (Å²) in [7, 11) is 0. The quantitative estimate of drug-likeness (QED) is 0.745. The number of carbonyl (C=O) groups is 1. The summed E-state index contributed by atoms with van der Waals surface area (Å²) in [5.74, 6) is 0.0176. The molecule has 5 heteroatoms. The van der Waals surface area contributed by atoms with Crippen molar-refractivity contribution in [1.82, 2.24) is 10.2 Å². The number of carbonyl (C=O) groups excluding carboxylic acids is 1. The summed E-state index contributed by atoms with van der Waals surface area (Å²) in [6, 6.07) is 4.50. The van der Waals surface area contributed by atoms with Gasteiger partial charge in [0.1, 0.15) is 11.5 Å². The lowest BCUT2D eigenvalue weighted by Crippen LogP contribution is -2.41. The number of aromatic hydroxyl groups is 2. The molecular formula is C15H24N2O3. The number of amides is 1. The topological polar surface area (TPSA) is 72.8 Å². The molecule has 0 aliphatic carbocycles. The molecule has 0 aliphatic heterocycles. The fraction of sp³-hybridized carbons (Fsp3) is 0.533. The number of nitrogens with zero attached hydrogens (tertiary/aromatic N) is 1. The highest BCUT2D eigenvalue weighted by Crippen LogP contribution is 2.35. The van der Waals surface area contributed by atoms with Crippen LogP contribution in [0.4, 0.5) is 0 Å². The Hall–Kier alpha value is -1.75. The Bertz CT molecular complexity index is 440. The molecule has 0 spiro atoms. The zero-order valence-corrected chi connectivity index (χ0v) is 12.6. The lowest BCUT2D eigenvalue weighted by atomic mass is 10.0. The molecule has 0 aliphatic rings. The average Bonchev–Trinajstić information content (AvgIpc) is 2.34. The van der Waals surface area contributed by atoms with Crippen LogP contribution in [0.25, 0.3) is 0 Å². The third-order valence-corrected chi connectivity index (χ3v) is 3.23. The predicted octanol–water partition coefficient (Wildman–Crippen LogP) is 2.01. The van der Waals surface area contributed by atoms with Crippen molar-refractivity contribution >= 4 is 5.91 Å². The van der Waals surface area contributed by atoms with Gasteiger partial charge < -0.3 is 15.5 Å². The monoisotopic (exact) mass is 280 g/mol. The van der Waals surface area contributed by atoms with E-state index in [-0.39, 0.29) is 36.0 Å². The Morgan fingerprint density at radius 1 is 1.25 bits per heavy atom. The van der Waals surface area contributed by atoms with Gasteiger partial charge in [0, 0.05) is 12.1 Å². The van der Waals surface area contributed by atoms with E-state index >= 15 is 0 Å². The van der Waals surface area contributed by atoms with Gasteiger partial charge in [-0.05, 0) is 39.4 Å². The van der Waals surface area contributed by atoms with Crippen LogP contribution in [0.5, 0.6) is 11.5 Å². The second-order valence-corrected chi connectivity index (χ2v) is 5.17. The van der Waals surface area contributed by atoms with Gasteiger partial charge in [0.15, 0.2) is 0 Å². The first-order valence-electron chi connectivity index (χ1n) is 6.91. The number of phenols is 2. The molecule has 1 unspecified atom stereocenters. The fourth-order valence-corrected chi connectivity index (χ4v) is 2.23. The lowest BCUT2D eigenvalue weighted by Gasteiger charge is -2.28. The van der Waals surface area contributed by atoms with Gasteiger partial charge in [0.05, 0.1) is 12.1 Å². The van der Waals surface area contributed by atoms with E-state index in [9.17, 15) is 15.0 Å². The fourth-order valence-electron chi connectivity index (χ4n) is 2.23. The van der Waals surface area contributed by atoms with E-state index in [0.717, 1.165) is 0 Å². The van der Waals surface area contributed by atoms with Gasteiger partial charge in [0.25, 0.3) is 0 Å². The number of likely N-dealkylation sites (N-methyl/N-ethyl adjacent to an activating group) is 1. The average molecular weight is 280 g/mol. The molecule has 1 amide bonds. The first kappa shape index (κ1) is 16.3. The molecule has 0 saturated heterocycles. The van der Waals surface area contributed by atoms with Crippen molar-refractivity contribution in [2.45, 2.75) is 39.8 Å². The van der Waals surface area contributed by atoms with Gasteiger partial charge in [-0.3, -0.25) is 9.69 Å². The number of benzene rings is 1. The van der Waals surface area contributed by atoms with Crippen molar-refractivity contribution in [3.63, 3.8) is 0 Å². The summed E-state index contributed by atoms with van der Waals surface area (Å²) in [6.45, 7) is 8.49. The third-order valence-electron chi connectivity index (χ3n) is 3.23. The Morgan fingerprint density at radius 2 is 1.80 bits per heavy atom. The minimum absolute atomic E-state index is 0.0419. The van der Waals surface area contributed by atoms with Crippen LogP contribution in [-0.2, 0) is 4.79 Å². The first-order valence-corrected chi connectivity index (χ1v) is 6.91. The van der Waals surface area contributed by atoms with Gasteiger partial charge in [-0.1, -0.05) is 13.0 Å². The van der Waals surface area contributed by atoms with Crippen molar-refractivity contribution in [3.8, 4) is 11.5 Å². The maximum absolute atomic E-state index is 11.9. The third kappa shape index (κ3) is 4.13. The van der Waals surface area contributed by atoms with E-state index in [1.807, 2.05) is 32.6 Å². The second kappa shape index (κ2) is 7.14. The molecule has 112 valence electrons. The SMILES string of the molecule is CCN(CC(=O)NC(C)C)C(C)c1c(O)cccc1O. The molecule has 0 saturated carbocycles. The lowest BCUT2D eigenvalue weighted by molar-refractivity contribution is -0.123. The van der Waals surface area contributed by atoms with Gasteiger partial charge >= 0.3 is 0 Å². The Kier molecular flexibility index (Phi) is 5.82. The summed E-state index contributed by atoms with van der Waals surface area (Å²) in [5, 5.41) is 22.6. The molecule has 0 bridgehead atoms. The number of hydrogen-bond acceptors (Lipinski definition) is 4. The highest BCUT2D eigenvalue weighted by atomic mass is 16.3. The number of nitrogens with one attached hydrogen (secondary N) is 1. The molecule has 5 nitrogen and oxygen atoms in total. The van der Waals surface area contributed by atoms with E-state index in [2.05, 4.69) is 5.32 Å². The van der Waals surface area contributed by atoms with E-state index < -0.39 is 0 Å². The second-order valence-electron chi connectivity index (χ2n) is 5.17. The molecular weight excluding hydrogens is 256 g/mol. The largest absolute Gasteiger partial charge is 0.507 e. The molecule has 1 aromatic carbocycles. The molecule has 0 fully saturated rings. The van der Waals surface area contributed by atoms with Crippen molar-refractivity contribution < 1.29 is 15.0 Å². The molecule has 1 rings (SSSR count). The van der Waals surface area contributed by atoms with Crippen LogP contribution < -0.4 is 5.32 Å². The number of hydrogen-bond donors (Lipinski definition) is 3. The van der Waals surface area contributed by atoms with Crippen LogP contribution >= 0.6 is 0 Å². The summed E-state index contributed by atoms with van der Waals surface area (Å²) >= 11 is 0. The van der Waals surface area contributed by atoms with E-state index in [1.165, 1.54) is 12.1 Å². The molecule has 1 aromatic rings. The predicted molar refractivity (Wildman–Crippen MR) is 78.7 cm³/mol. The standard InChI is InChI=1S/C15H24N2O3/c1-5-17(9-14(20)16-10(2)3)11(4)15-12(18)7-6-8-13(15)19/h6-8,10-11,18-19H,5,9H2,1-4H3,(H,16,20). The molecule has 3 N–H and O–H groups in total. The maximum atomic E-state index is 11.9. The summed E-state index contributed by atoms with van der Waals surface area (Å²) in [4.78, 5) is 13.7. The number of phenolic OH excluding ortho intramolecular Hbond substituents is 2. The maximum Gasteiger partial charge on any atom is 0.234 e. The normalized spacial score (nSPS) is 12.7. The van der Waals surface area contributed by atoms with Crippen molar-refractivity contribution in [2.75, 3.05) is 13.1 Å². The molecule has 1 atom stereocenters. The van der Waals surface area contributed by atoms with Crippen molar-refractivity contribution in [3.05, 3.63) is 23.8 Å². The first-order chi connectivity index (χ1) is 9.36. The number of rotatable bonds is 6. The Labute approximate surface area is 120 Å². The van der Waals surface area contributed by atoms with Crippen molar-refractivity contribution in [1.29, 1.82) is 0 Å². The Morgan fingerprint density at radius 3 is 2.25 bits per heavy atom. The van der Waals surface area contributed by atoms with Crippen LogP contribution in [0.15, 0.2) is 18.2 Å². The Balaban J connectivity index is 2.87. The van der Waals surface area contributed by atoms with Crippen LogP contribution in [0, 0.1) is 0 Å². The smallest absolute Gasteiger partial charge is 0.234 e. The zero-order valence-electron chi connectivity index (χ0n) is 12.6. The molecule has 0 radical (unpaired) electrons. The van der Waals surface area contributed by atoms with Crippen LogP contribution in [0.3, 0.4) is 0 Å². The molecule has 20 heavy (non-hydrogen) atoms. The van der Waals surface area contributed by atoms with Crippen LogP contribution in [0.1, 0.15) is 39.3 Å². The van der Waals surface area contributed by atoms with Crippen LogP contribution in [-0.4, -0.2) is 40.2 Å². The van der Waals surface area contributed by atoms with E-state index in [4.69, 9.17) is 0 Å². The van der Waals surface area contributed by atoms with Gasteiger partial charge in [0.2, 0.25) is 5.91 Å². The van der Waals surface area contributed by atoms with E-state index in [0.29, 0.717) is 12.1 Å². The van der Waals surface area contributed by atoms with Gasteiger partial charge in [-0.25, -0.2) is 0 Å². The summed E-state index contributed by atoms with van der Waals surface area (Å²) in [5.41, 5.74) is 0.451. The summed E-state index contributed by atoms with van der Waals surface area (Å²) < 4.78 is 0. The van der Waals surface area contributed by atoms with E-state index in [1.54, 1.807) is 6.07 Å². The highest BCUT2D eigenvalue weighted by molar-refractivity contribution is 5.78. The van der Waals surface area contributed by atoms with Crippen LogP contribution in [0.2, 0.25) is 0 Å². The minimum Gasteiger partial charge on any atom is -0.507 e.